The van der Waals surface area contributed by atoms with Crippen molar-refractivity contribution < 1.29 is 32.7 Å². The quantitative estimate of drug-likeness (QED) is 0.113. The second kappa shape index (κ2) is 18.6. The summed E-state index contributed by atoms with van der Waals surface area (Å²) in [5.74, 6) is -0.906. The third-order valence-electron chi connectivity index (χ3n) is 4.01. The van der Waals surface area contributed by atoms with Gasteiger partial charge in [-0.1, -0.05) is 45.8 Å². The van der Waals surface area contributed by atoms with Gasteiger partial charge in [0.2, 0.25) is 0 Å². The van der Waals surface area contributed by atoms with E-state index in [0.29, 0.717) is 31.8 Å². The molecule has 0 radical (unpaired) electrons. The van der Waals surface area contributed by atoms with Crippen LogP contribution in [0.1, 0.15) is 64.7 Å². The van der Waals surface area contributed by atoms with E-state index in [9.17, 15) is 14.2 Å². The number of esters is 2. The van der Waals surface area contributed by atoms with Crippen LogP contribution in [0.5, 0.6) is 0 Å². The first-order valence-electron chi connectivity index (χ1n) is 10.4. The topological polar surface area (TPSA) is 88.1 Å². The highest BCUT2D eigenvalue weighted by Crippen LogP contribution is 2.49. The van der Waals surface area contributed by atoms with Crippen LogP contribution < -0.4 is 0 Å². The zero-order chi connectivity index (χ0) is 21.8. The van der Waals surface area contributed by atoms with Gasteiger partial charge < -0.3 is 18.5 Å². The molecule has 0 aromatic carbocycles. The smallest absolute Gasteiger partial charge is 0.330 e. The number of carbonyl (C=O) groups is 2. The summed E-state index contributed by atoms with van der Waals surface area (Å²) < 4.78 is 34.0. The number of carbonyl (C=O) groups excluding carboxylic acids is 2. The summed E-state index contributed by atoms with van der Waals surface area (Å²) in [4.78, 5) is 22.0. The Labute approximate surface area is 175 Å². The molecule has 0 bridgehead atoms. The molecule has 0 saturated carbocycles. The molecule has 0 saturated heterocycles. The van der Waals surface area contributed by atoms with Gasteiger partial charge in [0.15, 0.2) is 0 Å². The molecule has 0 aliphatic carbocycles. The van der Waals surface area contributed by atoms with E-state index in [1.54, 1.807) is 0 Å². The van der Waals surface area contributed by atoms with Crippen LogP contribution in [0.15, 0.2) is 25.3 Å². The first-order chi connectivity index (χ1) is 14.0. The Balaban J connectivity index is 4.18. The zero-order valence-electron chi connectivity index (χ0n) is 17.8. The molecule has 0 atom stereocenters. The summed E-state index contributed by atoms with van der Waals surface area (Å²) in [6, 6.07) is 0. The Kier molecular flexibility index (Phi) is 17.7. The molecule has 0 N–H and O–H groups in total. The van der Waals surface area contributed by atoms with Crippen LogP contribution in [0.25, 0.3) is 0 Å². The molecule has 0 unspecified atom stereocenters. The largest absolute Gasteiger partial charge is 0.463 e. The molecule has 0 heterocycles. The van der Waals surface area contributed by atoms with Crippen molar-refractivity contribution in [2.45, 2.75) is 64.7 Å². The number of hydrogen-bond acceptors (Lipinski definition) is 7. The summed E-state index contributed by atoms with van der Waals surface area (Å²) >= 11 is 0. The Bertz CT molecular complexity index is 483. The van der Waals surface area contributed by atoms with Crippen LogP contribution in [-0.4, -0.2) is 44.5 Å². The minimum atomic E-state index is -3.16. The fourth-order valence-electron chi connectivity index (χ4n) is 2.35. The van der Waals surface area contributed by atoms with E-state index in [-0.39, 0.29) is 26.4 Å². The highest BCUT2D eigenvalue weighted by atomic mass is 31.2. The fourth-order valence-corrected chi connectivity index (χ4v) is 4.11. The molecule has 0 aliphatic rings. The third-order valence-corrected chi connectivity index (χ3v) is 6.03. The van der Waals surface area contributed by atoms with Gasteiger partial charge in [-0.25, -0.2) is 9.59 Å². The maximum atomic E-state index is 13.0. The Morgan fingerprint density at radius 1 is 0.724 bits per heavy atom. The van der Waals surface area contributed by atoms with E-state index in [1.165, 1.54) is 6.42 Å². The molecule has 0 aromatic heterocycles. The van der Waals surface area contributed by atoms with Gasteiger partial charge in [0.05, 0.1) is 32.6 Å². The molecule has 0 aromatic rings. The normalized spacial score (nSPS) is 11.1. The van der Waals surface area contributed by atoms with Crippen LogP contribution in [-0.2, 0) is 32.7 Å². The van der Waals surface area contributed by atoms with Crippen molar-refractivity contribution in [3.05, 3.63) is 25.3 Å². The van der Waals surface area contributed by atoms with Crippen molar-refractivity contribution in [2.75, 3.05) is 32.6 Å². The predicted octanol–water partition coefficient (Wildman–Crippen LogP) is 5.20. The van der Waals surface area contributed by atoms with E-state index in [0.717, 1.165) is 37.8 Å². The van der Waals surface area contributed by atoms with Crippen molar-refractivity contribution >= 4 is 19.5 Å². The second-order valence-corrected chi connectivity index (χ2v) is 8.76. The highest BCUT2D eigenvalue weighted by molar-refractivity contribution is 7.53. The van der Waals surface area contributed by atoms with Crippen LogP contribution in [0.2, 0.25) is 0 Å². The molecular weight excluding hydrogens is 395 g/mol. The second-order valence-electron chi connectivity index (χ2n) is 6.57. The molecule has 8 heteroatoms. The van der Waals surface area contributed by atoms with Gasteiger partial charge in [-0.3, -0.25) is 4.57 Å². The Morgan fingerprint density at radius 3 is 1.62 bits per heavy atom. The number of hydrogen-bond donors (Lipinski definition) is 0. The van der Waals surface area contributed by atoms with E-state index in [2.05, 4.69) is 20.1 Å². The monoisotopic (exact) mass is 432 g/mol. The maximum absolute atomic E-state index is 13.0. The highest BCUT2D eigenvalue weighted by Gasteiger charge is 2.23. The van der Waals surface area contributed by atoms with E-state index in [4.69, 9.17) is 18.5 Å². The van der Waals surface area contributed by atoms with E-state index < -0.39 is 19.5 Å². The number of ether oxygens (including phenoxy) is 2. The lowest BCUT2D eigenvalue weighted by atomic mass is 10.2. The van der Waals surface area contributed by atoms with E-state index >= 15 is 0 Å². The summed E-state index contributed by atoms with van der Waals surface area (Å²) in [6.45, 7) is 9.94. The van der Waals surface area contributed by atoms with Gasteiger partial charge in [0.1, 0.15) is 0 Å². The van der Waals surface area contributed by atoms with Gasteiger partial charge >= 0.3 is 19.5 Å². The van der Waals surface area contributed by atoms with Crippen LogP contribution in [0.4, 0.5) is 0 Å². The van der Waals surface area contributed by atoms with Crippen molar-refractivity contribution in [1.82, 2.24) is 0 Å². The SMILES string of the molecule is C=CC(=O)OCCCCOP(=O)(CCCCCCC)OCCCCOC(=O)C=C. The summed E-state index contributed by atoms with van der Waals surface area (Å²) in [6.07, 6.45) is 10.3. The van der Waals surface area contributed by atoms with Crippen molar-refractivity contribution in [1.29, 1.82) is 0 Å². The molecule has 0 rings (SSSR count). The van der Waals surface area contributed by atoms with Crippen LogP contribution in [0.3, 0.4) is 0 Å². The lowest BCUT2D eigenvalue weighted by Gasteiger charge is -2.19. The summed E-state index contributed by atoms with van der Waals surface area (Å²) in [7, 11) is -3.16. The molecule has 0 spiro atoms. The summed E-state index contributed by atoms with van der Waals surface area (Å²) in [5, 5.41) is 0. The Morgan fingerprint density at radius 2 is 1.17 bits per heavy atom. The van der Waals surface area contributed by atoms with Crippen molar-refractivity contribution in [3.63, 3.8) is 0 Å². The van der Waals surface area contributed by atoms with Crippen LogP contribution in [0, 0.1) is 0 Å². The predicted molar refractivity (Wildman–Crippen MR) is 114 cm³/mol. The molecule has 29 heavy (non-hydrogen) atoms. The summed E-state index contributed by atoms with van der Waals surface area (Å²) in [5.41, 5.74) is 0. The fraction of sp³-hybridized carbons (Fsp3) is 0.714. The van der Waals surface area contributed by atoms with Gasteiger partial charge in [0.25, 0.3) is 0 Å². The van der Waals surface area contributed by atoms with Crippen molar-refractivity contribution in [2.24, 2.45) is 0 Å². The van der Waals surface area contributed by atoms with Crippen LogP contribution >= 0.6 is 7.60 Å². The average molecular weight is 432 g/mol. The minimum Gasteiger partial charge on any atom is -0.463 e. The minimum absolute atomic E-state index is 0.278. The van der Waals surface area contributed by atoms with Gasteiger partial charge in [-0.05, 0) is 32.1 Å². The maximum Gasteiger partial charge on any atom is 0.330 e. The van der Waals surface area contributed by atoms with Gasteiger partial charge in [-0.2, -0.15) is 0 Å². The lowest BCUT2D eigenvalue weighted by Crippen LogP contribution is -2.07. The third kappa shape index (κ3) is 17.2. The average Bonchev–Trinajstić information content (AvgIpc) is 2.72. The molecule has 168 valence electrons. The molecule has 0 amide bonds. The Hall–Kier alpha value is -1.43. The standard InChI is InChI=1S/C21H37O7P/c1-4-7-8-9-14-19-29(24,27-17-12-10-15-25-20(22)5-2)28-18-13-11-16-26-21(23)6-3/h5-6H,2-4,7-19H2,1H3. The molecular formula is C21H37O7P. The number of unbranched alkanes of at least 4 members (excludes halogenated alkanes) is 6. The van der Waals surface area contributed by atoms with Gasteiger partial charge in [-0.15, -0.1) is 0 Å². The first-order valence-corrected chi connectivity index (χ1v) is 12.2. The van der Waals surface area contributed by atoms with Crippen molar-refractivity contribution in [3.8, 4) is 0 Å². The molecule has 7 nitrogen and oxygen atoms in total. The van der Waals surface area contributed by atoms with E-state index in [1.807, 2.05) is 0 Å². The first kappa shape index (κ1) is 27.6. The molecule has 0 fully saturated rings. The zero-order valence-corrected chi connectivity index (χ0v) is 18.7. The van der Waals surface area contributed by atoms with Gasteiger partial charge in [0, 0.05) is 12.2 Å². The lowest BCUT2D eigenvalue weighted by molar-refractivity contribution is -0.138. The molecule has 0 aliphatic heterocycles. The number of rotatable bonds is 20.